The van der Waals surface area contributed by atoms with E-state index < -0.39 is 0 Å². The fraction of sp³-hybridized carbons (Fsp3) is 0.421. The Balaban J connectivity index is 1.65. The third-order valence-electron chi connectivity index (χ3n) is 4.72. The average Bonchev–Trinajstić information content (AvgIpc) is 3.16. The van der Waals surface area contributed by atoms with E-state index in [-0.39, 0.29) is 17.7 Å². The van der Waals surface area contributed by atoms with Crippen molar-refractivity contribution in [2.45, 2.75) is 25.9 Å². The zero-order valence-corrected chi connectivity index (χ0v) is 15.1. The number of nitrogens with zero attached hydrogens (tertiary/aromatic N) is 3. The Labute approximate surface area is 153 Å². The first-order valence-electron chi connectivity index (χ1n) is 8.71. The summed E-state index contributed by atoms with van der Waals surface area (Å²) in [6.45, 7) is 1.32. The third-order valence-corrected chi connectivity index (χ3v) is 4.72. The number of imidazole rings is 1. The van der Waals surface area contributed by atoms with Gasteiger partial charge < -0.3 is 19.5 Å². The minimum absolute atomic E-state index is 0.0407. The van der Waals surface area contributed by atoms with E-state index in [9.17, 15) is 9.59 Å². The number of nitrogens with one attached hydrogen (secondary N) is 1. The molecule has 138 valence electrons. The maximum atomic E-state index is 12.8. The monoisotopic (exact) mass is 356 g/mol. The smallest absolute Gasteiger partial charge is 0.227 e. The van der Waals surface area contributed by atoms with Crippen LogP contribution in [-0.2, 0) is 22.7 Å². The first kappa shape index (κ1) is 18.0. The summed E-state index contributed by atoms with van der Waals surface area (Å²) in [4.78, 5) is 35.7. The van der Waals surface area contributed by atoms with Gasteiger partial charge in [0.1, 0.15) is 11.6 Å². The zero-order chi connectivity index (χ0) is 18.5. The molecule has 1 aliphatic heterocycles. The summed E-state index contributed by atoms with van der Waals surface area (Å²) < 4.78 is 5.37. The number of likely N-dealkylation sites (tertiary alicyclic amines) is 1. The molecule has 1 N–H and O–H groups in total. The summed E-state index contributed by atoms with van der Waals surface area (Å²) >= 11 is 0. The van der Waals surface area contributed by atoms with E-state index in [0.29, 0.717) is 32.5 Å². The molecule has 7 heteroatoms. The third kappa shape index (κ3) is 4.04. The lowest BCUT2D eigenvalue weighted by Gasteiger charge is -2.34. The van der Waals surface area contributed by atoms with Gasteiger partial charge in [-0.15, -0.1) is 0 Å². The van der Waals surface area contributed by atoms with Crippen molar-refractivity contribution in [3.63, 3.8) is 0 Å². The second kappa shape index (κ2) is 8.03. The zero-order valence-electron chi connectivity index (χ0n) is 15.1. The number of aromatic amines is 1. The number of carbonyl (C=O) groups is 2. The van der Waals surface area contributed by atoms with Crippen LogP contribution in [0.3, 0.4) is 0 Å². The van der Waals surface area contributed by atoms with Crippen LogP contribution in [0, 0.1) is 5.92 Å². The molecule has 2 heterocycles. The topological polar surface area (TPSA) is 78.5 Å². The molecule has 3 rings (SSSR count). The molecule has 0 saturated carbocycles. The average molecular weight is 356 g/mol. The van der Waals surface area contributed by atoms with Crippen molar-refractivity contribution < 1.29 is 14.3 Å². The first-order valence-corrected chi connectivity index (χ1v) is 8.71. The fourth-order valence-electron chi connectivity index (χ4n) is 3.31. The van der Waals surface area contributed by atoms with E-state index in [1.807, 2.05) is 24.3 Å². The van der Waals surface area contributed by atoms with E-state index in [0.717, 1.165) is 17.1 Å². The largest absolute Gasteiger partial charge is 0.496 e. The molecule has 0 spiro atoms. The number of methoxy groups -OCH3 is 1. The van der Waals surface area contributed by atoms with Crippen LogP contribution >= 0.6 is 0 Å². The lowest BCUT2D eigenvalue weighted by atomic mass is 9.95. The normalized spacial score (nSPS) is 17.2. The van der Waals surface area contributed by atoms with Crippen LogP contribution in [0.25, 0.3) is 0 Å². The number of H-pyrrole nitrogens is 1. The van der Waals surface area contributed by atoms with Crippen molar-refractivity contribution in [3.8, 4) is 5.75 Å². The Morgan fingerprint density at radius 3 is 2.96 bits per heavy atom. The van der Waals surface area contributed by atoms with Crippen LogP contribution in [0.15, 0.2) is 36.7 Å². The Hall–Kier alpha value is -2.83. The highest BCUT2D eigenvalue weighted by Crippen LogP contribution is 2.25. The van der Waals surface area contributed by atoms with Gasteiger partial charge in [-0.05, 0) is 12.5 Å². The number of benzene rings is 1. The molecule has 1 aliphatic rings. The molecule has 26 heavy (non-hydrogen) atoms. The molecular formula is C19H24N4O3. The van der Waals surface area contributed by atoms with E-state index >= 15 is 0 Å². The second-order valence-corrected chi connectivity index (χ2v) is 6.55. The standard InChI is InChI=1S/C19H24N4O3/c1-22(13-17-20-9-10-21-17)19(25)15-7-8-18(24)23(12-15)11-14-5-3-4-6-16(14)26-2/h3-6,9-10,15H,7-8,11-13H2,1-2H3,(H,20,21). The lowest BCUT2D eigenvalue weighted by Crippen LogP contribution is -2.45. The molecular weight excluding hydrogens is 332 g/mol. The van der Waals surface area contributed by atoms with Crippen molar-refractivity contribution in [1.82, 2.24) is 19.8 Å². The first-order chi connectivity index (χ1) is 12.6. The van der Waals surface area contributed by atoms with Gasteiger partial charge >= 0.3 is 0 Å². The van der Waals surface area contributed by atoms with E-state index in [4.69, 9.17) is 4.74 Å². The van der Waals surface area contributed by atoms with Crippen LogP contribution in [0.1, 0.15) is 24.2 Å². The molecule has 7 nitrogen and oxygen atoms in total. The summed E-state index contributed by atoms with van der Waals surface area (Å²) in [5, 5.41) is 0. The fourth-order valence-corrected chi connectivity index (χ4v) is 3.31. The molecule has 1 atom stereocenters. The number of hydrogen-bond donors (Lipinski definition) is 1. The number of carbonyl (C=O) groups excluding carboxylic acids is 2. The SMILES string of the molecule is COc1ccccc1CN1CC(C(=O)N(C)Cc2ncc[nH]2)CCC1=O. The lowest BCUT2D eigenvalue weighted by molar-refractivity contribution is -0.143. The Morgan fingerprint density at radius 2 is 2.23 bits per heavy atom. The minimum Gasteiger partial charge on any atom is -0.496 e. The molecule has 0 bridgehead atoms. The van der Waals surface area contributed by atoms with Gasteiger partial charge in [-0.3, -0.25) is 9.59 Å². The van der Waals surface area contributed by atoms with Crippen molar-refractivity contribution in [2.75, 3.05) is 20.7 Å². The van der Waals surface area contributed by atoms with Crippen LogP contribution in [0.5, 0.6) is 5.75 Å². The molecule has 1 aromatic heterocycles. The summed E-state index contributed by atoms with van der Waals surface area (Å²) in [7, 11) is 3.39. The molecule has 1 saturated heterocycles. The van der Waals surface area contributed by atoms with Crippen molar-refractivity contribution >= 4 is 11.8 Å². The predicted molar refractivity (Wildman–Crippen MR) is 96.2 cm³/mol. The Bertz CT molecular complexity index is 760. The van der Waals surface area contributed by atoms with Gasteiger partial charge in [0.25, 0.3) is 0 Å². The molecule has 0 radical (unpaired) electrons. The highest BCUT2D eigenvalue weighted by Gasteiger charge is 2.32. The number of ether oxygens (including phenoxy) is 1. The van der Waals surface area contributed by atoms with Gasteiger partial charge in [0, 0.05) is 44.5 Å². The van der Waals surface area contributed by atoms with Gasteiger partial charge in [0.05, 0.1) is 19.6 Å². The Morgan fingerprint density at radius 1 is 1.42 bits per heavy atom. The molecule has 2 amide bonds. The second-order valence-electron chi connectivity index (χ2n) is 6.55. The van der Waals surface area contributed by atoms with Gasteiger partial charge in [0.15, 0.2) is 0 Å². The number of para-hydroxylation sites is 1. The number of amides is 2. The van der Waals surface area contributed by atoms with Crippen molar-refractivity contribution in [2.24, 2.45) is 5.92 Å². The number of piperidine rings is 1. The summed E-state index contributed by atoms with van der Waals surface area (Å²) in [5.74, 6) is 1.43. The van der Waals surface area contributed by atoms with Crippen LogP contribution in [-0.4, -0.2) is 52.3 Å². The molecule has 1 fully saturated rings. The number of hydrogen-bond acceptors (Lipinski definition) is 4. The molecule has 1 aromatic carbocycles. The maximum Gasteiger partial charge on any atom is 0.227 e. The number of rotatable bonds is 6. The molecule has 0 aliphatic carbocycles. The summed E-state index contributed by atoms with van der Waals surface area (Å²) in [6.07, 6.45) is 4.38. The van der Waals surface area contributed by atoms with Gasteiger partial charge in [-0.25, -0.2) is 4.98 Å². The van der Waals surface area contributed by atoms with Crippen molar-refractivity contribution in [1.29, 1.82) is 0 Å². The molecule has 2 aromatic rings. The highest BCUT2D eigenvalue weighted by molar-refractivity contribution is 5.83. The van der Waals surface area contributed by atoms with Crippen LogP contribution in [0.4, 0.5) is 0 Å². The Kier molecular flexibility index (Phi) is 5.55. The van der Waals surface area contributed by atoms with E-state index in [1.165, 1.54) is 0 Å². The highest BCUT2D eigenvalue weighted by atomic mass is 16.5. The van der Waals surface area contributed by atoms with E-state index in [1.54, 1.807) is 36.4 Å². The van der Waals surface area contributed by atoms with E-state index in [2.05, 4.69) is 9.97 Å². The maximum absolute atomic E-state index is 12.8. The minimum atomic E-state index is -0.192. The van der Waals surface area contributed by atoms with Crippen LogP contribution in [0.2, 0.25) is 0 Å². The number of aromatic nitrogens is 2. The molecule has 1 unspecified atom stereocenters. The van der Waals surface area contributed by atoms with Crippen LogP contribution < -0.4 is 4.74 Å². The predicted octanol–water partition coefficient (Wildman–Crippen LogP) is 1.82. The van der Waals surface area contributed by atoms with Crippen molar-refractivity contribution in [3.05, 3.63) is 48.0 Å². The van der Waals surface area contributed by atoms with Gasteiger partial charge in [0.2, 0.25) is 11.8 Å². The van der Waals surface area contributed by atoms with Gasteiger partial charge in [-0.1, -0.05) is 18.2 Å². The quantitative estimate of drug-likeness (QED) is 0.856. The van der Waals surface area contributed by atoms with Gasteiger partial charge in [-0.2, -0.15) is 0 Å². The summed E-state index contributed by atoms with van der Waals surface area (Å²) in [5.41, 5.74) is 0.945. The summed E-state index contributed by atoms with van der Waals surface area (Å²) in [6, 6.07) is 7.65.